The number of H-pyrrole nitrogens is 1. The van der Waals surface area contributed by atoms with Crippen LogP contribution in [-0.2, 0) is 21.2 Å². The van der Waals surface area contributed by atoms with Crippen LogP contribution in [0.3, 0.4) is 0 Å². The number of nitrogens with zero attached hydrogens (tertiary/aromatic N) is 2. The van der Waals surface area contributed by atoms with Crippen LogP contribution in [0.1, 0.15) is 18.7 Å². The Kier molecular flexibility index (Phi) is 4.08. The summed E-state index contributed by atoms with van der Waals surface area (Å²) in [6, 6.07) is 0. The summed E-state index contributed by atoms with van der Waals surface area (Å²) in [4.78, 5) is 3.93. The van der Waals surface area contributed by atoms with Gasteiger partial charge in [-0.15, -0.1) is 0 Å². The third-order valence-electron chi connectivity index (χ3n) is 2.74. The molecule has 1 aliphatic rings. The second-order valence-corrected chi connectivity index (χ2v) is 5.98. The van der Waals surface area contributed by atoms with E-state index in [0.717, 1.165) is 0 Å². The van der Waals surface area contributed by atoms with E-state index in [2.05, 4.69) is 19.9 Å². The highest BCUT2D eigenvalue weighted by molar-refractivity contribution is 7.90. The predicted molar refractivity (Wildman–Crippen MR) is 60.9 cm³/mol. The zero-order valence-corrected chi connectivity index (χ0v) is 10.2. The predicted octanol–water partition coefficient (Wildman–Crippen LogP) is -0.554. The first-order valence-electron chi connectivity index (χ1n) is 5.59. The highest BCUT2D eigenvalue weighted by Crippen LogP contribution is 2.14. The maximum Gasteiger partial charge on any atom is 0.214 e. The molecule has 2 N–H and O–H groups in total. The van der Waals surface area contributed by atoms with Crippen molar-refractivity contribution < 1.29 is 13.2 Å². The summed E-state index contributed by atoms with van der Waals surface area (Å²) >= 11 is 0. The molecule has 0 amide bonds. The van der Waals surface area contributed by atoms with Crippen LogP contribution in [0.5, 0.6) is 0 Å². The molecule has 7 nitrogen and oxygen atoms in total. The molecule has 0 atom stereocenters. The Morgan fingerprint density at radius 2 is 2.24 bits per heavy atom. The van der Waals surface area contributed by atoms with Gasteiger partial charge in [-0.2, -0.15) is 5.10 Å². The smallest absolute Gasteiger partial charge is 0.214 e. The number of aromatic nitrogens is 3. The molecule has 0 aliphatic carbocycles. The van der Waals surface area contributed by atoms with E-state index in [1.807, 2.05) is 0 Å². The minimum atomic E-state index is -3.23. The summed E-state index contributed by atoms with van der Waals surface area (Å²) in [5, 5.41) is 6.06. The monoisotopic (exact) mass is 260 g/mol. The number of ether oxygens (including phenoxy) is 1. The Morgan fingerprint density at radius 3 is 2.88 bits per heavy atom. The van der Waals surface area contributed by atoms with E-state index in [9.17, 15) is 8.42 Å². The first-order valence-corrected chi connectivity index (χ1v) is 7.13. The van der Waals surface area contributed by atoms with Crippen LogP contribution < -0.4 is 4.72 Å². The van der Waals surface area contributed by atoms with Crippen molar-refractivity contribution >= 4 is 10.0 Å². The fourth-order valence-corrected chi connectivity index (χ4v) is 3.20. The number of hydrogen-bond donors (Lipinski definition) is 2. The van der Waals surface area contributed by atoms with Gasteiger partial charge in [0.15, 0.2) is 0 Å². The van der Waals surface area contributed by atoms with Gasteiger partial charge in [0.1, 0.15) is 12.2 Å². The summed E-state index contributed by atoms with van der Waals surface area (Å²) in [7, 11) is -3.23. The van der Waals surface area contributed by atoms with Crippen molar-refractivity contribution in [2.75, 3.05) is 19.8 Å². The Labute approximate surface area is 100 Å². The molecular weight excluding hydrogens is 244 g/mol. The molecule has 0 spiro atoms. The third-order valence-corrected chi connectivity index (χ3v) is 4.69. The van der Waals surface area contributed by atoms with Gasteiger partial charge in [-0.05, 0) is 12.8 Å². The molecule has 96 valence electrons. The number of aromatic amines is 1. The fourth-order valence-electron chi connectivity index (χ4n) is 1.77. The summed E-state index contributed by atoms with van der Waals surface area (Å²) in [5.74, 6) is 0.680. The van der Waals surface area contributed by atoms with Gasteiger partial charge in [0.05, 0.1) is 5.25 Å². The van der Waals surface area contributed by atoms with Crippen molar-refractivity contribution in [2.45, 2.75) is 24.5 Å². The zero-order chi connectivity index (χ0) is 12.1. The first kappa shape index (κ1) is 12.5. The topological polar surface area (TPSA) is 97.0 Å². The lowest BCUT2D eigenvalue weighted by Gasteiger charge is -2.22. The van der Waals surface area contributed by atoms with Gasteiger partial charge < -0.3 is 4.74 Å². The van der Waals surface area contributed by atoms with E-state index < -0.39 is 10.0 Å². The van der Waals surface area contributed by atoms with E-state index in [4.69, 9.17) is 4.74 Å². The normalized spacial score (nSPS) is 18.4. The molecule has 0 radical (unpaired) electrons. The second kappa shape index (κ2) is 5.56. The van der Waals surface area contributed by atoms with Crippen molar-refractivity contribution in [2.24, 2.45) is 0 Å². The standard InChI is InChI=1S/C9H16N4O3S/c14-17(15,8-2-5-16-6-3-8)12-4-1-9-10-7-11-13-9/h7-8,12H,1-6H2,(H,10,11,13). The van der Waals surface area contributed by atoms with Gasteiger partial charge in [0.2, 0.25) is 10.0 Å². The lowest BCUT2D eigenvalue weighted by Crippen LogP contribution is -2.38. The van der Waals surface area contributed by atoms with Gasteiger partial charge in [-0.1, -0.05) is 0 Å². The lowest BCUT2D eigenvalue weighted by atomic mass is 10.2. The molecule has 0 aromatic carbocycles. The Balaban J connectivity index is 1.80. The minimum absolute atomic E-state index is 0.328. The van der Waals surface area contributed by atoms with Crippen LogP contribution in [-0.4, -0.2) is 48.6 Å². The number of nitrogens with one attached hydrogen (secondary N) is 2. The highest BCUT2D eigenvalue weighted by atomic mass is 32.2. The Bertz CT molecular complexity index is 425. The molecular formula is C9H16N4O3S. The molecule has 2 heterocycles. The van der Waals surface area contributed by atoms with Gasteiger partial charge in [0.25, 0.3) is 0 Å². The van der Waals surface area contributed by atoms with E-state index in [1.165, 1.54) is 6.33 Å². The summed E-state index contributed by atoms with van der Waals surface area (Å²) in [5.41, 5.74) is 0. The van der Waals surface area contributed by atoms with Crippen LogP contribution in [0, 0.1) is 0 Å². The maximum absolute atomic E-state index is 11.9. The molecule has 1 saturated heterocycles. The first-order chi connectivity index (χ1) is 8.18. The van der Waals surface area contributed by atoms with E-state index in [-0.39, 0.29) is 5.25 Å². The van der Waals surface area contributed by atoms with Crippen LogP contribution in [0.4, 0.5) is 0 Å². The lowest BCUT2D eigenvalue weighted by molar-refractivity contribution is 0.0981. The van der Waals surface area contributed by atoms with Gasteiger partial charge in [0, 0.05) is 26.2 Å². The summed E-state index contributed by atoms with van der Waals surface area (Å²) < 4.78 is 31.5. The molecule has 1 aliphatic heterocycles. The number of sulfonamides is 1. The quantitative estimate of drug-likeness (QED) is 0.740. The molecule has 2 rings (SSSR count). The van der Waals surface area contributed by atoms with Crippen molar-refractivity contribution in [1.29, 1.82) is 0 Å². The number of rotatable bonds is 5. The average Bonchev–Trinajstić information content (AvgIpc) is 2.83. The minimum Gasteiger partial charge on any atom is -0.381 e. The number of hydrogen-bond acceptors (Lipinski definition) is 5. The largest absolute Gasteiger partial charge is 0.381 e. The maximum atomic E-state index is 11.9. The summed E-state index contributed by atoms with van der Waals surface area (Å²) in [6.07, 6.45) is 3.06. The van der Waals surface area contributed by atoms with Crippen LogP contribution >= 0.6 is 0 Å². The van der Waals surface area contributed by atoms with Crippen LogP contribution in [0.25, 0.3) is 0 Å². The third kappa shape index (κ3) is 3.48. The fraction of sp³-hybridized carbons (Fsp3) is 0.778. The molecule has 1 fully saturated rings. The van der Waals surface area contributed by atoms with Crippen molar-refractivity contribution in [3.05, 3.63) is 12.2 Å². The Hall–Kier alpha value is -0.990. The van der Waals surface area contributed by atoms with Gasteiger partial charge in [-0.3, -0.25) is 5.10 Å². The van der Waals surface area contributed by atoms with E-state index in [0.29, 0.717) is 44.8 Å². The zero-order valence-electron chi connectivity index (χ0n) is 9.42. The van der Waals surface area contributed by atoms with E-state index >= 15 is 0 Å². The summed E-state index contributed by atoms with van der Waals surface area (Å²) in [6.45, 7) is 1.39. The van der Waals surface area contributed by atoms with Gasteiger partial charge >= 0.3 is 0 Å². The second-order valence-electron chi connectivity index (χ2n) is 3.93. The van der Waals surface area contributed by atoms with Crippen LogP contribution in [0.2, 0.25) is 0 Å². The molecule has 17 heavy (non-hydrogen) atoms. The van der Waals surface area contributed by atoms with Crippen molar-refractivity contribution in [1.82, 2.24) is 19.9 Å². The molecule has 0 saturated carbocycles. The van der Waals surface area contributed by atoms with Crippen molar-refractivity contribution in [3.63, 3.8) is 0 Å². The molecule has 1 aromatic heterocycles. The van der Waals surface area contributed by atoms with Crippen molar-refractivity contribution in [3.8, 4) is 0 Å². The highest BCUT2D eigenvalue weighted by Gasteiger charge is 2.26. The molecule has 1 aromatic rings. The SMILES string of the molecule is O=S(=O)(NCCc1ncn[nH]1)C1CCOCC1. The molecule has 0 bridgehead atoms. The van der Waals surface area contributed by atoms with Gasteiger partial charge in [-0.25, -0.2) is 18.1 Å². The Morgan fingerprint density at radius 1 is 1.47 bits per heavy atom. The molecule has 0 unspecified atom stereocenters. The molecule has 8 heteroatoms. The van der Waals surface area contributed by atoms with Crippen LogP contribution in [0.15, 0.2) is 6.33 Å². The average molecular weight is 260 g/mol. The van der Waals surface area contributed by atoms with E-state index in [1.54, 1.807) is 0 Å².